The molecular formula is C17H30INO2. The monoisotopic (exact) mass is 407 g/mol. The van der Waals surface area contributed by atoms with E-state index >= 15 is 0 Å². The van der Waals surface area contributed by atoms with Gasteiger partial charge in [-0.25, -0.2) is 0 Å². The van der Waals surface area contributed by atoms with Crippen LogP contribution in [-0.2, 0) is 5.41 Å². The number of aromatic nitrogens is 1. The average molecular weight is 407 g/mol. The molecule has 0 aliphatic carbocycles. The Bertz CT molecular complexity index is 405. The van der Waals surface area contributed by atoms with Crippen LogP contribution in [0.5, 0.6) is 5.88 Å². The van der Waals surface area contributed by atoms with E-state index in [-0.39, 0.29) is 5.41 Å². The number of unbranched alkanes of at least 4 members (excludes halogenated alkanes) is 5. The van der Waals surface area contributed by atoms with E-state index in [1.54, 1.807) is 7.11 Å². The molecule has 1 rings (SSSR count). The highest BCUT2D eigenvalue weighted by Crippen LogP contribution is 2.37. The van der Waals surface area contributed by atoms with Crippen molar-refractivity contribution in [2.75, 3.05) is 7.11 Å². The maximum absolute atomic E-state index is 5.90. The average Bonchev–Trinajstić information content (AvgIpc) is 2.86. The van der Waals surface area contributed by atoms with Crippen molar-refractivity contribution in [1.82, 2.24) is 4.98 Å². The number of nitrogens with zero attached hydrogens (tertiary/aromatic N) is 1. The van der Waals surface area contributed by atoms with E-state index in [9.17, 15) is 0 Å². The Morgan fingerprint density at radius 1 is 1.05 bits per heavy atom. The van der Waals surface area contributed by atoms with Gasteiger partial charge in [0.2, 0.25) is 9.66 Å². The molecule has 1 aromatic rings. The Morgan fingerprint density at radius 3 is 2.24 bits per heavy atom. The minimum absolute atomic E-state index is 0.0406. The van der Waals surface area contributed by atoms with Gasteiger partial charge in [0.15, 0.2) is 0 Å². The molecule has 0 aliphatic rings. The molecule has 122 valence electrons. The van der Waals surface area contributed by atoms with Crippen LogP contribution in [-0.4, -0.2) is 12.1 Å². The minimum atomic E-state index is 0.0406. The third-order valence-corrected chi connectivity index (χ3v) is 4.86. The predicted octanol–water partition coefficient (Wildman–Crippen LogP) is 6.10. The van der Waals surface area contributed by atoms with Crippen LogP contribution in [0.2, 0.25) is 0 Å². The Labute approximate surface area is 143 Å². The van der Waals surface area contributed by atoms with Crippen molar-refractivity contribution in [3.05, 3.63) is 9.66 Å². The van der Waals surface area contributed by atoms with Crippen LogP contribution < -0.4 is 4.74 Å². The fraction of sp³-hybridized carbons (Fsp3) is 0.824. The molecule has 0 spiro atoms. The van der Waals surface area contributed by atoms with Gasteiger partial charge in [0.05, 0.1) is 7.11 Å². The Balaban J connectivity index is 2.71. The summed E-state index contributed by atoms with van der Waals surface area (Å²) >= 11 is 2.16. The molecule has 0 aliphatic heterocycles. The summed E-state index contributed by atoms with van der Waals surface area (Å²) in [6, 6.07) is 0. The van der Waals surface area contributed by atoms with Crippen LogP contribution in [0.15, 0.2) is 4.42 Å². The quantitative estimate of drug-likeness (QED) is 0.329. The lowest BCUT2D eigenvalue weighted by atomic mass is 9.80. The second-order valence-electron chi connectivity index (χ2n) is 6.13. The van der Waals surface area contributed by atoms with Crippen molar-refractivity contribution in [1.29, 1.82) is 0 Å². The van der Waals surface area contributed by atoms with Crippen molar-refractivity contribution < 1.29 is 9.15 Å². The van der Waals surface area contributed by atoms with Crippen molar-refractivity contribution in [2.45, 2.75) is 84.0 Å². The fourth-order valence-electron chi connectivity index (χ4n) is 2.70. The summed E-state index contributed by atoms with van der Waals surface area (Å²) in [5.74, 6) is 1.48. The molecule has 4 heteroatoms. The van der Waals surface area contributed by atoms with E-state index in [1.807, 2.05) is 0 Å². The Morgan fingerprint density at radius 2 is 1.67 bits per heavy atom. The summed E-state index contributed by atoms with van der Waals surface area (Å²) < 4.78 is 11.9. The van der Waals surface area contributed by atoms with Crippen LogP contribution in [0.25, 0.3) is 0 Å². The van der Waals surface area contributed by atoms with Gasteiger partial charge < -0.3 is 9.15 Å². The zero-order valence-electron chi connectivity index (χ0n) is 14.0. The molecular weight excluding hydrogens is 377 g/mol. The second-order valence-corrected chi connectivity index (χ2v) is 7.11. The molecule has 0 aromatic carbocycles. The molecule has 1 atom stereocenters. The van der Waals surface area contributed by atoms with Crippen LogP contribution >= 0.6 is 22.6 Å². The van der Waals surface area contributed by atoms with Gasteiger partial charge in [-0.15, -0.1) is 0 Å². The molecule has 21 heavy (non-hydrogen) atoms. The van der Waals surface area contributed by atoms with Crippen LogP contribution in [0.4, 0.5) is 0 Å². The molecule has 3 nitrogen and oxygen atoms in total. The standard InChI is InChI=1S/C17H30INO2/c1-5-7-9-10-11-13-17(3,12-8-6-2)16-19-15(20-4)14(18)21-16/h5-13H2,1-4H3. The Kier molecular flexibility index (Phi) is 8.67. The van der Waals surface area contributed by atoms with E-state index in [1.165, 1.54) is 44.9 Å². The third kappa shape index (κ3) is 5.80. The van der Waals surface area contributed by atoms with E-state index in [0.29, 0.717) is 5.88 Å². The zero-order valence-corrected chi connectivity index (χ0v) is 16.2. The lowest BCUT2D eigenvalue weighted by Gasteiger charge is -2.26. The van der Waals surface area contributed by atoms with Gasteiger partial charge in [-0.3, -0.25) is 0 Å². The summed E-state index contributed by atoms with van der Waals surface area (Å²) in [6.07, 6.45) is 11.2. The highest BCUT2D eigenvalue weighted by atomic mass is 127. The molecule has 1 heterocycles. The first-order chi connectivity index (χ1) is 10.1. The first-order valence-electron chi connectivity index (χ1n) is 8.28. The van der Waals surface area contributed by atoms with Crippen molar-refractivity contribution >= 4 is 22.6 Å². The molecule has 0 fully saturated rings. The molecule has 0 saturated heterocycles. The first-order valence-corrected chi connectivity index (χ1v) is 9.36. The molecule has 1 unspecified atom stereocenters. The van der Waals surface area contributed by atoms with Gasteiger partial charge in [0.25, 0.3) is 5.88 Å². The number of hydrogen-bond donors (Lipinski definition) is 0. The molecule has 0 N–H and O–H groups in total. The summed E-state index contributed by atoms with van der Waals surface area (Å²) in [7, 11) is 1.65. The van der Waals surface area contributed by atoms with E-state index in [2.05, 4.69) is 48.3 Å². The van der Waals surface area contributed by atoms with E-state index < -0.39 is 0 Å². The predicted molar refractivity (Wildman–Crippen MR) is 96.0 cm³/mol. The van der Waals surface area contributed by atoms with Gasteiger partial charge in [-0.1, -0.05) is 65.7 Å². The van der Waals surface area contributed by atoms with Gasteiger partial charge in [0.1, 0.15) is 0 Å². The number of hydrogen-bond acceptors (Lipinski definition) is 3. The van der Waals surface area contributed by atoms with Gasteiger partial charge in [-0.05, 0) is 12.8 Å². The fourth-order valence-corrected chi connectivity index (χ4v) is 3.25. The van der Waals surface area contributed by atoms with Crippen molar-refractivity contribution in [2.24, 2.45) is 0 Å². The topological polar surface area (TPSA) is 35.3 Å². The van der Waals surface area contributed by atoms with Crippen LogP contribution in [0.1, 0.15) is 84.4 Å². The summed E-state index contributed by atoms with van der Waals surface area (Å²) in [4.78, 5) is 4.57. The van der Waals surface area contributed by atoms with Gasteiger partial charge >= 0.3 is 0 Å². The van der Waals surface area contributed by atoms with Crippen LogP contribution in [0, 0.1) is 3.77 Å². The highest BCUT2D eigenvalue weighted by molar-refractivity contribution is 14.1. The number of ether oxygens (including phenoxy) is 1. The third-order valence-electron chi connectivity index (χ3n) is 4.18. The number of methoxy groups -OCH3 is 1. The van der Waals surface area contributed by atoms with E-state index in [0.717, 1.165) is 22.5 Å². The SMILES string of the molecule is CCCCCCCC(C)(CCCC)c1nc(OC)c(I)o1. The van der Waals surface area contributed by atoms with Gasteiger partial charge in [0, 0.05) is 28.0 Å². The molecule has 0 amide bonds. The Hall–Kier alpha value is -0.260. The molecule has 0 saturated carbocycles. The molecule has 1 aromatic heterocycles. The maximum atomic E-state index is 5.90. The summed E-state index contributed by atoms with van der Waals surface area (Å²) in [6.45, 7) is 6.79. The van der Waals surface area contributed by atoms with Gasteiger partial charge in [-0.2, -0.15) is 4.98 Å². The van der Waals surface area contributed by atoms with Crippen molar-refractivity contribution in [3.63, 3.8) is 0 Å². The highest BCUT2D eigenvalue weighted by Gasteiger charge is 2.32. The first kappa shape index (κ1) is 18.8. The van der Waals surface area contributed by atoms with Crippen molar-refractivity contribution in [3.8, 4) is 5.88 Å². The molecule has 0 radical (unpaired) electrons. The maximum Gasteiger partial charge on any atom is 0.267 e. The normalized spacial score (nSPS) is 14.1. The second kappa shape index (κ2) is 9.70. The van der Waals surface area contributed by atoms with E-state index in [4.69, 9.17) is 9.15 Å². The summed E-state index contributed by atoms with van der Waals surface area (Å²) in [5, 5.41) is 0. The number of halogens is 1. The van der Waals surface area contributed by atoms with Crippen LogP contribution in [0.3, 0.4) is 0 Å². The number of rotatable bonds is 11. The number of oxazole rings is 1. The lowest BCUT2D eigenvalue weighted by Crippen LogP contribution is -2.22. The largest absolute Gasteiger partial charge is 0.478 e. The summed E-state index contributed by atoms with van der Waals surface area (Å²) in [5.41, 5.74) is 0.0406. The molecule has 0 bridgehead atoms. The zero-order chi connectivity index (χ0) is 15.7. The smallest absolute Gasteiger partial charge is 0.267 e. The minimum Gasteiger partial charge on any atom is -0.478 e. The lowest BCUT2D eigenvalue weighted by molar-refractivity contribution is 0.284.